The fourth-order valence-electron chi connectivity index (χ4n) is 5.13. The van der Waals surface area contributed by atoms with Crippen molar-refractivity contribution in [2.24, 2.45) is 7.05 Å². The van der Waals surface area contributed by atoms with Gasteiger partial charge in [-0.2, -0.15) is 5.10 Å². The van der Waals surface area contributed by atoms with Gasteiger partial charge in [-0.3, -0.25) is 14.4 Å². The number of hydrogen-bond acceptors (Lipinski definition) is 7. The Morgan fingerprint density at radius 2 is 2.05 bits per heavy atom. The fourth-order valence-corrected chi connectivity index (χ4v) is 5.13. The van der Waals surface area contributed by atoms with Crippen LogP contribution in [-0.4, -0.2) is 61.3 Å². The average molecular weight is 555 g/mol. The van der Waals surface area contributed by atoms with E-state index >= 15 is 0 Å². The van der Waals surface area contributed by atoms with Crippen LogP contribution in [0.5, 0.6) is 5.75 Å². The minimum atomic E-state index is -0.329. The largest absolute Gasteiger partial charge is 0.489 e. The van der Waals surface area contributed by atoms with Gasteiger partial charge < -0.3 is 20.4 Å². The van der Waals surface area contributed by atoms with Gasteiger partial charge >= 0.3 is 0 Å². The monoisotopic (exact) mass is 554 g/mol. The molecule has 4 heterocycles. The molecule has 6 rings (SSSR count). The molecule has 1 aliphatic rings. The first-order valence-corrected chi connectivity index (χ1v) is 13.5. The van der Waals surface area contributed by atoms with Gasteiger partial charge in [-0.05, 0) is 44.0 Å². The number of halogens is 1. The number of aryl methyl sites for hydroxylation is 3. The minimum absolute atomic E-state index is 0.0869. The average Bonchev–Trinajstić information content (AvgIpc) is 3.64. The quantitative estimate of drug-likeness (QED) is 0.249. The van der Waals surface area contributed by atoms with Crippen molar-refractivity contribution in [1.82, 2.24) is 29.6 Å². The lowest BCUT2D eigenvalue weighted by Crippen LogP contribution is -2.33. The molecule has 0 aliphatic carbocycles. The number of likely N-dealkylation sites (tertiary alicyclic amines) is 1. The summed E-state index contributed by atoms with van der Waals surface area (Å²) >= 11 is 0. The van der Waals surface area contributed by atoms with Gasteiger partial charge in [-0.1, -0.05) is 18.2 Å². The Labute approximate surface area is 236 Å². The summed E-state index contributed by atoms with van der Waals surface area (Å²) in [6, 6.07) is 13.9. The van der Waals surface area contributed by atoms with Gasteiger partial charge in [-0.25, -0.2) is 14.4 Å². The van der Waals surface area contributed by atoms with E-state index in [9.17, 15) is 9.18 Å². The maximum absolute atomic E-state index is 13.5. The topological polar surface area (TPSA) is 113 Å². The molecule has 1 saturated heterocycles. The van der Waals surface area contributed by atoms with Crippen molar-refractivity contribution in [3.8, 4) is 17.0 Å². The summed E-state index contributed by atoms with van der Waals surface area (Å²) in [5.41, 5.74) is 5.15. The molecule has 10 nitrogen and oxygen atoms in total. The lowest BCUT2D eigenvalue weighted by Gasteiger charge is -2.17. The number of ether oxygens (including phenoxy) is 1. The first-order chi connectivity index (χ1) is 19.8. The van der Waals surface area contributed by atoms with E-state index in [1.165, 1.54) is 12.1 Å². The summed E-state index contributed by atoms with van der Waals surface area (Å²) < 4.78 is 21.2. The van der Waals surface area contributed by atoms with Crippen LogP contribution in [-0.2, 0) is 11.8 Å². The van der Waals surface area contributed by atoms with E-state index < -0.39 is 0 Å². The van der Waals surface area contributed by atoms with E-state index in [4.69, 9.17) is 9.72 Å². The molecule has 0 bridgehead atoms. The van der Waals surface area contributed by atoms with Gasteiger partial charge in [0.2, 0.25) is 11.9 Å². The Morgan fingerprint density at radius 1 is 1.20 bits per heavy atom. The maximum atomic E-state index is 13.5. The van der Waals surface area contributed by atoms with Crippen molar-refractivity contribution in [3.05, 3.63) is 78.0 Å². The first-order valence-electron chi connectivity index (χ1n) is 13.5. The van der Waals surface area contributed by atoms with Crippen molar-refractivity contribution >= 4 is 34.3 Å². The summed E-state index contributed by atoms with van der Waals surface area (Å²) in [4.78, 5) is 27.6. The van der Waals surface area contributed by atoms with Crippen LogP contribution in [0.15, 0.2) is 60.9 Å². The van der Waals surface area contributed by atoms with Crippen molar-refractivity contribution in [3.63, 3.8) is 0 Å². The smallest absolute Gasteiger partial charge is 0.238 e. The lowest BCUT2D eigenvalue weighted by atomic mass is 10.1. The van der Waals surface area contributed by atoms with Crippen molar-refractivity contribution < 1.29 is 13.9 Å². The maximum Gasteiger partial charge on any atom is 0.238 e. The predicted octanol–water partition coefficient (Wildman–Crippen LogP) is 4.95. The van der Waals surface area contributed by atoms with Crippen molar-refractivity contribution in [2.45, 2.75) is 26.4 Å². The van der Waals surface area contributed by atoms with Gasteiger partial charge in [0.15, 0.2) is 5.82 Å². The molecule has 3 N–H and O–H groups in total. The highest BCUT2D eigenvalue weighted by molar-refractivity contribution is 6.06. The Bertz CT molecular complexity index is 1710. The second-order valence-electron chi connectivity index (χ2n) is 10.3. The molecule has 11 heteroatoms. The molecular formula is C30H31FN8O2. The molecule has 2 aromatic carbocycles. The summed E-state index contributed by atoms with van der Waals surface area (Å²) in [6.45, 7) is 5.51. The lowest BCUT2D eigenvalue weighted by molar-refractivity contribution is -0.117. The molecule has 1 atom stereocenters. The summed E-state index contributed by atoms with van der Waals surface area (Å²) in [5, 5.41) is 11.6. The third kappa shape index (κ3) is 5.75. The number of nitrogens with zero attached hydrogens (tertiary/aromatic N) is 5. The summed E-state index contributed by atoms with van der Waals surface area (Å²) in [7, 11) is 1.88. The second kappa shape index (κ2) is 11.0. The highest BCUT2D eigenvalue weighted by Gasteiger charge is 2.26. The summed E-state index contributed by atoms with van der Waals surface area (Å²) in [5.74, 6) is 1.19. The third-order valence-corrected chi connectivity index (χ3v) is 7.27. The number of fused-ring (bicyclic) bond motifs is 1. The number of rotatable bonds is 8. The number of hydrogen-bond donors (Lipinski definition) is 3. The van der Waals surface area contributed by atoms with E-state index in [1.807, 2.05) is 56.3 Å². The molecule has 3 aromatic heterocycles. The van der Waals surface area contributed by atoms with Gasteiger partial charge in [0.25, 0.3) is 0 Å². The molecule has 41 heavy (non-hydrogen) atoms. The van der Waals surface area contributed by atoms with E-state index in [-0.39, 0.29) is 24.4 Å². The molecule has 210 valence electrons. The molecule has 0 spiro atoms. The predicted molar refractivity (Wildman–Crippen MR) is 156 cm³/mol. The highest BCUT2D eigenvalue weighted by atomic mass is 19.1. The zero-order chi connectivity index (χ0) is 28.5. The van der Waals surface area contributed by atoms with Crippen molar-refractivity contribution in [1.29, 1.82) is 0 Å². The van der Waals surface area contributed by atoms with Crippen LogP contribution >= 0.6 is 0 Å². The standard InChI is InChI=1S/C30H31FN8O2/c1-18-14-33-30(35-26-12-19(2)38(3)37-26)36-28(18)24-15-32-29-23(24)8-5-9-25(29)34-27(40)17-39-11-10-22(16-39)41-21-7-4-6-20(31)13-21/h4-9,12-15,22,32H,10-11,16-17H2,1-3H3,(H,34,40)(H,33,35,36,37). The number of carbonyl (C=O) groups excluding carboxylic acids is 1. The van der Waals surface area contributed by atoms with Crippen LogP contribution in [0.2, 0.25) is 0 Å². The Balaban J connectivity index is 1.14. The number of amides is 1. The van der Waals surface area contributed by atoms with Crippen LogP contribution in [0.1, 0.15) is 17.7 Å². The molecule has 1 fully saturated rings. The number of anilines is 3. The van der Waals surface area contributed by atoms with Gasteiger partial charge in [-0.15, -0.1) is 0 Å². The van der Waals surface area contributed by atoms with E-state index in [0.717, 1.165) is 46.4 Å². The number of aromatic amines is 1. The molecule has 0 radical (unpaired) electrons. The fraction of sp³-hybridized carbons (Fsp3) is 0.267. The van der Waals surface area contributed by atoms with E-state index in [0.29, 0.717) is 29.7 Å². The Hall–Kier alpha value is -4.77. The first kappa shape index (κ1) is 26.5. The number of nitrogens with one attached hydrogen (secondary N) is 3. The van der Waals surface area contributed by atoms with Crippen LogP contribution in [0.4, 0.5) is 21.8 Å². The Kier molecular flexibility index (Phi) is 7.10. The van der Waals surface area contributed by atoms with Gasteiger partial charge in [0, 0.05) is 61.3 Å². The molecule has 1 amide bonds. The van der Waals surface area contributed by atoms with E-state index in [1.54, 1.807) is 23.0 Å². The molecule has 1 aliphatic heterocycles. The van der Waals surface area contributed by atoms with Crippen LogP contribution in [0, 0.1) is 19.7 Å². The van der Waals surface area contributed by atoms with Crippen LogP contribution in [0.3, 0.4) is 0 Å². The summed E-state index contributed by atoms with van der Waals surface area (Å²) in [6.07, 6.45) is 4.37. The zero-order valence-electron chi connectivity index (χ0n) is 23.1. The minimum Gasteiger partial charge on any atom is -0.489 e. The SMILES string of the molecule is Cc1cnc(Nc2cc(C)n(C)n2)nc1-c1c[nH]c2c(NC(=O)CN3CCC(Oc4cccc(F)c4)C3)cccc12. The van der Waals surface area contributed by atoms with Gasteiger partial charge in [0.05, 0.1) is 23.4 Å². The van der Waals surface area contributed by atoms with Crippen LogP contribution in [0.25, 0.3) is 22.2 Å². The van der Waals surface area contributed by atoms with E-state index in [2.05, 4.69) is 25.7 Å². The normalized spacial score (nSPS) is 15.4. The van der Waals surface area contributed by atoms with Crippen molar-refractivity contribution in [2.75, 3.05) is 30.3 Å². The molecule has 0 saturated carbocycles. The number of carbonyl (C=O) groups is 1. The molecule has 5 aromatic rings. The molecule has 1 unspecified atom stereocenters. The number of H-pyrrole nitrogens is 1. The second-order valence-corrected chi connectivity index (χ2v) is 10.3. The number of aromatic nitrogens is 5. The third-order valence-electron chi connectivity index (χ3n) is 7.27. The molecular weight excluding hydrogens is 523 g/mol. The number of benzene rings is 2. The van der Waals surface area contributed by atoms with Gasteiger partial charge in [0.1, 0.15) is 17.7 Å². The zero-order valence-corrected chi connectivity index (χ0v) is 23.1. The van der Waals surface area contributed by atoms with Crippen LogP contribution < -0.4 is 15.4 Å². The Morgan fingerprint density at radius 3 is 2.85 bits per heavy atom. The highest BCUT2D eigenvalue weighted by Crippen LogP contribution is 2.33. The number of para-hydroxylation sites is 1.